The number of aliphatic hydroxyl groups excluding tert-OH is 1. The third kappa shape index (κ3) is 2.37. The molecule has 1 rings (SSSR count). The van der Waals surface area contributed by atoms with Crippen LogP contribution in [-0.2, 0) is 0 Å². The molecule has 0 bridgehead atoms. The van der Waals surface area contributed by atoms with Crippen LogP contribution in [0.3, 0.4) is 0 Å². The summed E-state index contributed by atoms with van der Waals surface area (Å²) in [5.41, 5.74) is 0. The van der Waals surface area contributed by atoms with Gasteiger partial charge >= 0.3 is 0 Å². The Morgan fingerprint density at radius 1 is 1.60 bits per heavy atom. The van der Waals surface area contributed by atoms with Crippen LogP contribution in [0.1, 0.15) is 0 Å². The maximum absolute atomic E-state index is 8.68. The molecule has 0 aliphatic carbocycles. The van der Waals surface area contributed by atoms with Crippen molar-refractivity contribution in [2.24, 2.45) is 0 Å². The standard InChI is InChI=1S/C7H6BrO2/c8-7(9)10-6-4-2-1-3-5-6/h1-4,7,9H. The molecule has 0 amide bonds. The van der Waals surface area contributed by atoms with Gasteiger partial charge in [0.1, 0.15) is 5.75 Å². The summed E-state index contributed by atoms with van der Waals surface area (Å²) in [6.07, 6.45) is 0. The average Bonchev–Trinajstić information content (AvgIpc) is 1.88. The van der Waals surface area contributed by atoms with Crippen LogP contribution in [0.5, 0.6) is 5.75 Å². The molecule has 3 heteroatoms. The summed E-state index contributed by atoms with van der Waals surface area (Å²) in [6, 6.07) is 9.85. The van der Waals surface area contributed by atoms with Crippen molar-refractivity contribution in [3.63, 3.8) is 0 Å². The van der Waals surface area contributed by atoms with Crippen molar-refractivity contribution in [3.8, 4) is 5.75 Å². The molecule has 0 saturated carbocycles. The molecule has 0 heterocycles. The van der Waals surface area contributed by atoms with Crippen LogP contribution >= 0.6 is 15.9 Å². The summed E-state index contributed by atoms with van der Waals surface area (Å²) < 4.78 is 4.83. The van der Waals surface area contributed by atoms with E-state index in [9.17, 15) is 0 Å². The predicted molar refractivity (Wildman–Crippen MR) is 40.8 cm³/mol. The predicted octanol–water partition coefficient (Wildman–Crippen LogP) is 1.54. The molecule has 1 radical (unpaired) electrons. The first-order chi connectivity index (χ1) is 4.79. The second-order valence-corrected chi connectivity index (χ2v) is 2.42. The van der Waals surface area contributed by atoms with E-state index in [1.807, 2.05) is 6.07 Å². The molecule has 1 N–H and O–H groups in total. The van der Waals surface area contributed by atoms with Crippen LogP contribution in [0.4, 0.5) is 0 Å². The SMILES string of the molecule is OC(Br)Oc1[c]cccc1. The quantitative estimate of drug-likeness (QED) is 0.582. The summed E-state index contributed by atoms with van der Waals surface area (Å²) >= 11 is 2.82. The Labute approximate surface area is 67.6 Å². The molecule has 0 fully saturated rings. The fourth-order valence-corrected chi connectivity index (χ4v) is 0.756. The van der Waals surface area contributed by atoms with Crippen molar-refractivity contribution in [1.29, 1.82) is 0 Å². The molecular formula is C7H6BrO2. The number of ether oxygens (including phenoxy) is 1. The highest BCUT2D eigenvalue weighted by atomic mass is 79.9. The normalized spacial score (nSPS) is 12.6. The van der Waals surface area contributed by atoms with Crippen molar-refractivity contribution in [2.45, 2.75) is 5.20 Å². The highest BCUT2D eigenvalue weighted by Crippen LogP contribution is 2.10. The van der Waals surface area contributed by atoms with Gasteiger partial charge in [0.15, 0.2) is 0 Å². The van der Waals surface area contributed by atoms with Gasteiger partial charge in [0.05, 0.1) is 0 Å². The summed E-state index contributed by atoms with van der Waals surface area (Å²) in [6.45, 7) is 0. The zero-order chi connectivity index (χ0) is 7.40. The van der Waals surface area contributed by atoms with E-state index < -0.39 is 5.20 Å². The second kappa shape index (κ2) is 3.58. The third-order valence-electron chi connectivity index (χ3n) is 0.905. The first-order valence-corrected chi connectivity index (χ1v) is 3.66. The Balaban J connectivity index is 2.59. The van der Waals surface area contributed by atoms with Gasteiger partial charge in [0.2, 0.25) is 0 Å². The molecule has 1 atom stereocenters. The van der Waals surface area contributed by atoms with Crippen molar-refractivity contribution in [3.05, 3.63) is 30.3 Å². The third-order valence-corrected chi connectivity index (χ3v) is 1.09. The number of benzene rings is 1. The van der Waals surface area contributed by atoms with Gasteiger partial charge < -0.3 is 9.84 Å². The number of rotatable bonds is 2. The summed E-state index contributed by atoms with van der Waals surface area (Å²) in [5, 5.41) is 7.73. The molecule has 1 unspecified atom stereocenters. The number of hydrogen-bond donors (Lipinski definition) is 1. The molecular weight excluding hydrogens is 196 g/mol. The first-order valence-electron chi connectivity index (χ1n) is 2.74. The van der Waals surface area contributed by atoms with Gasteiger partial charge in [-0.2, -0.15) is 0 Å². The lowest BCUT2D eigenvalue weighted by atomic mass is 10.3. The van der Waals surface area contributed by atoms with Crippen LogP contribution in [0.2, 0.25) is 0 Å². The number of para-hydroxylation sites is 1. The van der Waals surface area contributed by atoms with Crippen molar-refractivity contribution in [2.75, 3.05) is 0 Å². The fourth-order valence-electron chi connectivity index (χ4n) is 0.555. The van der Waals surface area contributed by atoms with Gasteiger partial charge in [-0.1, -0.05) is 18.2 Å². The Hall–Kier alpha value is -0.540. The molecule has 0 aromatic heterocycles. The van der Waals surface area contributed by atoms with E-state index in [1.54, 1.807) is 18.2 Å². The lowest BCUT2D eigenvalue weighted by molar-refractivity contribution is 0.0688. The first kappa shape index (κ1) is 7.57. The topological polar surface area (TPSA) is 29.5 Å². The number of alkyl halides is 1. The monoisotopic (exact) mass is 201 g/mol. The smallest absolute Gasteiger partial charge is 0.255 e. The van der Waals surface area contributed by atoms with E-state index in [0.717, 1.165) is 0 Å². The van der Waals surface area contributed by atoms with Crippen LogP contribution in [0.15, 0.2) is 24.3 Å². The van der Waals surface area contributed by atoms with Crippen LogP contribution < -0.4 is 4.74 Å². The minimum Gasteiger partial charge on any atom is -0.454 e. The molecule has 10 heavy (non-hydrogen) atoms. The minimum atomic E-state index is -0.953. The van der Waals surface area contributed by atoms with Gasteiger partial charge in [0.25, 0.3) is 5.20 Å². The average molecular weight is 202 g/mol. The lowest BCUT2D eigenvalue weighted by Gasteiger charge is -2.04. The van der Waals surface area contributed by atoms with E-state index in [4.69, 9.17) is 9.84 Å². The van der Waals surface area contributed by atoms with Crippen LogP contribution in [0.25, 0.3) is 0 Å². The highest BCUT2D eigenvalue weighted by molar-refractivity contribution is 9.09. The zero-order valence-electron chi connectivity index (χ0n) is 5.12. The van der Waals surface area contributed by atoms with Crippen LogP contribution in [0, 0.1) is 6.07 Å². The fraction of sp³-hybridized carbons (Fsp3) is 0.143. The summed E-state index contributed by atoms with van der Waals surface area (Å²) in [5.74, 6) is 0.520. The molecule has 0 spiro atoms. The Bertz CT molecular complexity index is 186. The van der Waals surface area contributed by atoms with E-state index in [-0.39, 0.29) is 0 Å². The largest absolute Gasteiger partial charge is 0.454 e. The van der Waals surface area contributed by atoms with E-state index in [0.29, 0.717) is 5.75 Å². The molecule has 0 aliphatic heterocycles. The summed E-state index contributed by atoms with van der Waals surface area (Å²) in [7, 11) is 0. The van der Waals surface area contributed by atoms with Gasteiger partial charge in [-0.3, -0.25) is 0 Å². The van der Waals surface area contributed by atoms with Gasteiger partial charge in [-0.05, 0) is 22.0 Å². The van der Waals surface area contributed by atoms with Crippen molar-refractivity contribution in [1.82, 2.24) is 0 Å². The van der Waals surface area contributed by atoms with Crippen molar-refractivity contribution < 1.29 is 9.84 Å². The minimum absolute atomic E-state index is 0.520. The maximum atomic E-state index is 8.68. The summed E-state index contributed by atoms with van der Waals surface area (Å²) in [4.78, 5) is 0. The van der Waals surface area contributed by atoms with E-state index in [2.05, 4.69) is 22.0 Å². The van der Waals surface area contributed by atoms with Gasteiger partial charge in [-0.15, -0.1) is 0 Å². The molecule has 0 saturated heterocycles. The second-order valence-electron chi connectivity index (χ2n) is 1.64. The molecule has 1 aromatic rings. The van der Waals surface area contributed by atoms with E-state index in [1.165, 1.54) is 0 Å². The van der Waals surface area contributed by atoms with Gasteiger partial charge in [0, 0.05) is 6.07 Å². The lowest BCUT2D eigenvalue weighted by Crippen LogP contribution is -2.05. The maximum Gasteiger partial charge on any atom is 0.255 e. The van der Waals surface area contributed by atoms with Gasteiger partial charge in [-0.25, -0.2) is 0 Å². The Kier molecular flexibility index (Phi) is 2.71. The van der Waals surface area contributed by atoms with E-state index >= 15 is 0 Å². The molecule has 2 nitrogen and oxygen atoms in total. The number of halogens is 1. The van der Waals surface area contributed by atoms with Crippen molar-refractivity contribution >= 4 is 15.9 Å². The highest BCUT2D eigenvalue weighted by Gasteiger charge is 1.96. The molecule has 0 aliphatic rings. The van der Waals surface area contributed by atoms with Crippen LogP contribution in [-0.4, -0.2) is 10.3 Å². The number of aliphatic hydroxyl groups is 1. The Morgan fingerprint density at radius 2 is 2.40 bits per heavy atom. The zero-order valence-corrected chi connectivity index (χ0v) is 6.71. The molecule has 1 aromatic carbocycles. The Morgan fingerprint density at radius 3 is 2.90 bits per heavy atom. The number of hydrogen-bond acceptors (Lipinski definition) is 2. The molecule has 53 valence electrons.